The molecule has 1 aliphatic rings. The smallest absolute Gasteiger partial charge is 0.262 e. The molecule has 0 aliphatic carbocycles. The Morgan fingerprint density at radius 1 is 1.58 bits per heavy atom. The quantitative estimate of drug-likeness (QED) is 0.453. The first-order chi connectivity index (χ1) is 11.7. The highest BCUT2D eigenvalue weighted by Gasteiger charge is 2.16. The van der Waals surface area contributed by atoms with Crippen molar-refractivity contribution in [3.63, 3.8) is 0 Å². The van der Waals surface area contributed by atoms with Gasteiger partial charge in [-0.1, -0.05) is 11.8 Å². The minimum atomic E-state index is -0.313. The summed E-state index contributed by atoms with van der Waals surface area (Å²) in [6, 6.07) is 0. The fraction of sp³-hybridized carbons (Fsp3) is 0.571. The Morgan fingerprint density at radius 3 is 3.21 bits per heavy atom. The van der Waals surface area contributed by atoms with E-state index in [0.29, 0.717) is 22.7 Å². The lowest BCUT2D eigenvalue weighted by Crippen LogP contribution is -2.33. The van der Waals surface area contributed by atoms with Gasteiger partial charge in [-0.05, 0) is 12.8 Å². The number of aliphatic hydroxyl groups excluding tert-OH is 1. The molecule has 1 aliphatic heterocycles. The van der Waals surface area contributed by atoms with Crippen LogP contribution >= 0.6 is 11.8 Å². The van der Waals surface area contributed by atoms with Gasteiger partial charge in [0.15, 0.2) is 10.8 Å². The summed E-state index contributed by atoms with van der Waals surface area (Å²) in [7, 11) is 0. The van der Waals surface area contributed by atoms with Crippen molar-refractivity contribution < 1.29 is 14.6 Å². The van der Waals surface area contributed by atoms with Crippen molar-refractivity contribution in [3.8, 4) is 0 Å². The zero-order chi connectivity index (χ0) is 16.9. The van der Waals surface area contributed by atoms with E-state index in [-0.39, 0.29) is 36.5 Å². The maximum absolute atomic E-state index is 12.0. The van der Waals surface area contributed by atoms with Crippen molar-refractivity contribution in [2.75, 3.05) is 25.5 Å². The second kappa shape index (κ2) is 7.77. The van der Waals surface area contributed by atoms with Crippen molar-refractivity contribution in [3.05, 3.63) is 16.6 Å². The number of hydrogen-bond acceptors (Lipinski definition) is 7. The molecule has 10 heteroatoms. The van der Waals surface area contributed by atoms with Crippen molar-refractivity contribution in [1.29, 1.82) is 0 Å². The van der Waals surface area contributed by atoms with E-state index < -0.39 is 0 Å². The van der Waals surface area contributed by atoms with E-state index in [1.165, 1.54) is 10.9 Å². The molecular weight excluding hydrogens is 334 g/mol. The van der Waals surface area contributed by atoms with Crippen molar-refractivity contribution in [2.45, 2.75) is 30.6 Å². The number of nitrogens with zero attached hydrogens (tertiary/aromatic N) is 3. The van der Waals surface area contributed by atoms with Gasteiger partial charge in [-0.25, -0.2) is 9.67 Å². The number of ether oxygens (including phenoxy) is 1. The van der Waals surface area contributed by atoms with Gasteiger partial charge in [0, 0.05) is 13.2 Å². The Labute approximate surface area is 141 Å². The SMILES string of the molecule is O=C(CSc1nc2c(cnn2CCO)c(=O)[nH]1)NC[C@@H]1CCCO1. The maximum Gasteiger partial charge on any atom is 0.262 e. The number of amides is 1. The minimum absolute atomic E-state index is 0.0978. The molecular formula is C14H19N5O4S. The summed E-state index contributed by atoms with van der Waals surface area (Å²) in [4.78, 5) is 30.9. The Bertz CT molecular complexity index is 768. The average Bonchev–Trinajstić information content (AvgIpc) is 3.22. The summed E-state index contributed by atoms with van der Waals surface area (Å²) in [5, 5.41) is 16.6. The van der Waals surface area contributed by atoms with Gasteiger partial charge in [0.05, 0.1) is 31.2 Å². The van der Waals surface area contributed by atoms with Crippen LogP contribution in [0.25, 0.3) is 11.0 Å². The summed E-state index contributed by atoms with van der Waals surface area (Å²) in [6.45, 7) is 1.42. The molecule has 1 saturated heterocycles. The van der Waals surface area contributed by atoms with Crippen LogP contribution in [0, 0.1) is 0 Å². The topological polar surface area (TPSA) is 122 Å². The maximum atomic E-state index is 12.0. The Balaban J connectivity index is 1.60. The van der Waals surface area contributed by atoms with Crippen LogP contribution in [0.1, 0.15) is 12.8 Å². The van der Waals surface area contributed by atoms with Crippen molar-refractivity contribution >= 4 is 28.7 Å². The van der Waals surface area contributed by atoms with E-state index in [1.807, 2.05) is 0 Å². The number of aliphatic hydroxyl groups is 1. The van der Waals surface area contributed by atoms with Crippen molar-refractivity contribution in [1.82, 2.24) is 25.1 Å². The van der Waals surface area contributed by atoms with Gasteiger partial charge in [0.1, 0.15) is 5.39 Å². The summed E-state index contributed by atoms with van der Waals surface area (Å²) >= 11 is 1.15. The number of carbonyl (C=O) groups excluding carboxylic acids is 1. The van der Waals surface area contributed by atoms with Crippen LogP contribution in [0.5, 0.6) is 0 Å². The zero-order valence-corrected chi connectivity index (χ0v) is 13.8. The lowest BCUT2D eigenvalue weighted by atomic mass is 10.2. The molecule has 0 radical (unpaired) electrons. The molecule has 3 rings (SSSR count). The van der Waals surface area contributed by atoms with Gasteiger partial charge in [-0.3, -0.25) is 9.59 Å². The molecule has 2 aromatic heterocycles. The number of H-pyrrole nitrogens is 1. The number of fused-ring (bicyclic) bond motifs is 1. The second-order valence-electron chi connectivity index (χ2n) is 5.43. The molecule has 0 aromatic carbocycles. The van der Waals surface area contributed by atoms with Gasteiger partial charge in [0.25, 0.3) is 5.56 Å². The molecule has 0 bridgehead atoms. The molecule has 0 unspecified atom stereocenters. The zero-order valence-electron chi connectivity index (χ0n) is 13.0. The molecule has 3 N–H and O–H groups in total. The van der Waals surface area contributed by atoms with E-state index >= 15 is 0 Å². The van der Waals surface area contributed by atoms with Gasteiger partial charge in [-0.15, -0.1) is 0 Å². The third kappa shape index (κ3) is 3.94. The highest BCUT2D eigenvalue weighted by atomic mass is 32.2. The molecule has 1 fully saturated rings. The molecule has 0 saturated carbocycles. The molecule has 9 nitrogen and oxygen atoms in total. The highest BCUT2D eigenvalue weighted by molar-refractivity contribution is 7.99. The third-order valence-corrected chi connectivity index (χ3v) is 4.56. The number of aromatic amines is 1. The number of rotatable bonds is 7. The largest absolute Gasteiger partial charge is 0.394 e. The monoisotopic (exact) mass is 353 g/mol. The predicted molar refractivity (Wildman–Crippen MR) is 87.9 cm³/mol. The van der Waals surface area contributed by atoms with Crippen LogP contribution in [-0.2, 0) is 16.1 Å². The van der Waals surface area contributed by atoms with E-state index in [4.69, 9.17) is 9.84 Å². The molecule has 24 heavy (non-hydrogen) atoms. The summed E-state index contributed by atoms with van der Waals surface area (Å²) in [5.74, 6) is 0.0112. The summed E-state index contributed by atoms with van der Waals surface area (Å²) < 4.78 is 6.91. The number of aromatic nitrogens is 4. The first-order valence-corrected chi connectivity index (χ1v) is 8.73. The van der Waals surface area contributed by atoms with Crippen LogP contribution in [0.2, 0.25) is 0 Å². The molecule has 0 spiro atoms. The van der Waals surface area contributed by atoms with E-state index in [1.54, 1.807) is 0 Å². The molecule has 3 heterocycles. The van der Waals surface area contributed by atoms with Crippen LogP contribution in [0.4, 0.5) is 0 Å². The number of carbonyl (C=O) groups is 1. The van der Waals surface area contributed by atoms with E-state index in [0.717, 1.165) is 31.2 Å². The molecule has 130 valence electrons. The Morgan fingerprint density at radius 2 is 2.46 bits per heavy atom. The number of nitrogens with one attached hydrogen (secondary N) is 2. The van der Waals surface area contributed by atoms with E-state index in [9.17, 15) is 9.59 Å². The van der Waals surface area contributed by atoms with Gasteiger partial charge >= 0.3 is 0 Å². The fourth-order valence-corrected chi connectivity index (χ4v) is 3.18. The molecule has 2 aromatic rings. The third-order valence-electron chi connectivity index (χ3n) is 3.69. The predicted octanol–water partition coefficient (Wildman–Crippen LogP) is -0.501. The van der Waals surface area contributed by atoms with E-state index in [2.05, 4.69) is 20.4 Å². The van der Waals surface area contributed by atoms with Crippen molar-refractivity contribution in [2.24, 2.45) is 0 Å². The van der Waals surface area contributed by atoms with Crippen LogP contribution in [0.15, 0.2) is 16.1 Å². The van der Waals surface area contributed by atoms with Gasteiger partial charge < -0.3 is 20.1 Å². The van der Waals surface area contributed by atoms with Crippen LogP contribution < -0.4 is 10.9 Å². The summed E-state index contributed by atoms with van der Waals surface area (Å²) in [5.41, 5.74) is 0.0847. The number of thioether (sulfide) groups is 1. The normalized spacial score (nSPS) is 17.5. The fourth-order valence-electron chi connectivity index (χ4n) is 2.49. The Kier molecular flexibility index (Phi) is 5.48. The number of hydrogen-bond donors (Lipinski definition) is 3. The second-order valence-corrected chi connectivity index (χ2v) is 6.39. The average molecular weight is 353 g/mol. The minimum Gasteiger partial charge on any atom is -0.394 e. The first kappa shape index (κ1) is 16.9. The first-order valence-electron chi connectivity index (χ1n) is 7.75. The lowest BCUT2D eigenvalue weighted by molar-refractivity contribution is -0.119. The Hall–Kier alpha value is -1.91. The highest BCUT2D eigenvalue weighted by Crippen LogP contribution is 2.15. The summed E-state index contributed by atoms with van der Waals surface area (Å²) in [6.07, 6.45) is 3.51. The lowest BCUT2D eigenvalue weighted by Gasteiger charge is -2.10. The standard InChI is InChI=1S/C14H19N5O4S/c20-4-3-19-12-10(7-16-19)13(22)18-14(17-12)24-8-11(21)15-6-9-2-1-5-23-9/h7,9,20H,1-6,8H2,(H,15,21)(H,17,18,22)/t9-/m0/s1. The molecule has 1 amide bonds. The van der Waals surface area contributed by atoms with Gasteiger partial charge in [0.2, 0.25) is 5.91 Å². The van der Waals surface area contributed by atoms with Crippen LogP contribution in [-0.4, -0.2) is 62.4 Å². The molecule has 1 atom stereocenters. The van der Waals surface area contributed by atoms with Gasteiger partial charge in [-0.2, -0.15) is 5.10 Å². The van der Waals surface area contributed by atoms with Crippen LogP contribution in [0.3, 0.4) is 0 Å².